The van der Waals surface area contributed by atoms with E-state index in [4.69, 9.17) is 49.4 Å². The summed E-state index contributed by atoms with van der Waals surface area (Å²) >= 11 is 0. The maximum atomic E-state index is 14.5. The molecule has 107 heavy (non-hydrogen) atoms. The molecule has 1 spiro atoms. The lowest BCUT2D eigenvalue weighted by Gasteiger charge is -2.31. The van der Waals surface area contributed by atoms with E-state index in [1.807, 2.05) is 72.9 Å². The molecule has 6 aromatic carbocycles. The molecule has 8 amide bonds. The van der Waals surface area contributed by atoms with E-state index in [0.29, 0.717) is 89.0 Å². The minimum atomic E-state index is -1.49. The second kappa shape index (κ2) is 33.4. The predicted octanol–water partition coefficient (Wildman–Crippen LogP) is 7.51. The van der Waals surface area contributed by atoms with Crippen LogP contribution in [0.1, 0.15) is 114 Å². The van der Waals surface area contributed by atoms with Crippen molar-refractivity contribution in [1.29, 1.82) is 0 Å². The van der Waals surface area contributed by atoms with Crippen molar-refractivity contribution in [3.8, 4) is 28.7 Å². The molecular weight excluding hydrogens is 1370 g/mol. The number of anilines is 4. The first-order valence-corrected chi connectivity index (χ1v) is 35.9. The fraction of sp³-hybridized carbons (Fsp3) is 0.392. The number of hydrogen-bond donors (Lipinski definition) is 8. The van der Waals surface area contributed by atoms with Crippen molar-refractivity contribution in [2.45, 2.75) is 109 Å². The third-order valence-electron chi connectivity index (χ3n) is 20.1. The van der Waals surface area contributed by atoms with Crippen LogP contribution in [-0.2, 0) is 51.3 Å². The molecule has 1 saturated carbocycles. The molecule has 5 aliphatic heterocycles. The van der Waals surface area contributed by atoms with E-state index in [2.05, 4.69) is 26.6 Å². The van der Waals surface area contributed by atoms with Gasteiger partial charge < -0.3 is 95.8 Å². The van der Waals surface area contributed by atoms with Crippen molar-refractivity contribution in [3.63, 3.8) is 0 Å². The van der Waals surface area contributed by atoms with Gasteiger partial charge in [0.05, 0.1) is 113 Å². The maximum absolute atomic E-state index is 14.5. The first kappa shape index (κ1) is 75.3. The van der Waals surface area contributed by atoms with E-state index in [1.54, 1.807) is 78.1 Å². The Balaban J connectivity index is 0.577. The van der Waals surface area contributed by atoms with Crippen LogP contribution in [0.15, 0.2) is 128 Å². The average Bonchev–Trinajstić information content (AvgIpc) is 1.57. The summed E-state index contributed by atoms with van der Waals surface area (Å²) in [7, 11) is 4.57. The molecule has 0 bridgehead atoms. The van der Waals surface area contributed by atoms with Crippen molar-refractivity contribution in [3.05, 3.63) is 166 Å². The lowest BCUT2D eigenvalue weighted by molar-refractivity contribution is -0.133. The number of nitrogens with zero attached hydrogens (tertiary/aromatic N) is 4. The van der Waals surface area contributed by atoms with Crippen molar-refractivity contribution >= 4 is 87.2 Å². The monoisotopic (exact) mass is 1470 g/mol. The number of fused-ring (bicyclic) bond motifs is 6. The van der Waals surface area contributed by atoms with Crippen LogP contribution in [0, 0.1) is 11.3 Å². The quantitative estimate of drug-likeness (QED) is 0.0210. The van der Waals surface area contributed by atoms with E-state index < -0.39 is 48.2 Å². The zero-order valence-corrected chi connectivity index (χ0v) is 60.7. The number of amides is 8. The van der Waals surface area contributed by atoms with Crippen LogP contribution in [0.3, 0.4) is 0 Å². The molecular formula is C79H91N11O17. The van der Waals surface area contributed by atoms with Crippen LogP contribution in [-0.4, -0.2) is 173 Å². The van der Waals surface area contributed by atoms with Gasteiger partial charge in [0.25, 0.3) is 11.8 Å². The molecule has 564 valence electrons. The van der Waals surface area contributed by atoms with Crippen molar-refractivity contribution in [2.75, 3.05) is 101 Å². The minimum absolute atomic E-state index is 0.0353. The lowest BCUT2D eigenvalue weighted by Crippen LogP contribution is -2.54. The molecule has 28 nitrogen and oxygen atoms in total. The Labute approximate surface area is 619 Å². The number of benzene rings is 6. The molecule has 2 fully saturated rings. The van der Waals surface area contributed by atoms with Gasteiger partial charge in [0.15, 0.2) is 29.2 Å². The number of aliphatic hydroxyl groups excluding tert-OH is 1. The van der Waals surface area contributed by atoms with Crippen LogP contribution in [0.4, 0.5) is 27.5 Å². The summed E-state index contributed by atoms with van der Waals surface area (Å²) in [5.74, 6) is -1.26. The summed E-state index contributed by atoms with van der Waals surface area (Å²) in [6, 6.07) is 32.5. The highest BCUT2D eigenvalue weighted by Gasteiger charge is 2.58. The fourth-order valence-corrected chi connectivity index (χ4v) is 14.0. The summed E-state index contributed by atoms with van der Waals surface area (Å²) < 4.78 is 46.3. The van der Waals surface area contributed by atoms with E-state index in [-0.39, 0.29) is 136 Å². The first-order valence-electron chi connectivity index (χ1n) is 35.9. The van der Waals surface area contributed by atoms with Gasteiger partial charge in [-0.3, -0.25) is 33.6 Å². The third kappa shape index (κ3) is 17.1. The number of nitrogens with one attached hydrogen (secondary N) is 5. The second-order valence-electron chi connectivity index (χ2n) is 27.7. The zero-order valence-electron chi connectivity index (χ0n) is 60.7. The van der Waals surface area contributed by atoms with Crippen molar-refractivity contribution in [1.82, 2.24) is 25.8 Å². The van der Waals surface area contributed by atoms with Gasteiger partial charge in [-0.15, -0.1) is 0 Å². The summed E-state index contributed by atoms with van der Waals surface area (Å²) in [6.45, 7) is 6.24. The highest BCUT2D eigenvalue weighted by atomic mass is 16.6. The van der Waals surface area contributed by atoms with Crippen LogP contribution in [0.5, 0.6) is 28.7 Å². The van der Waals surface area contributed by atoms with E-state index in [9.17, 15) is 43.5 Å². The number of rotatable bonds is 29. The zero-order chi connectivity index (χ0) is 75.6. The summed E-state index contributed by atoms with van der Waals surface area (Å²) in [4.78, 5) is 116. The molecule has 12 rings (SSSR count). The van der Waals surface area contributed by atoms with Gasteiger partial charge in [0.2, 0.25) is 29.5 Å². The molecule has 6 aromatic rings. The number of carbonyl (C=O) groups excluding carboxylic acids is 8. The van der Waals surface area contributed by atoms with Gasteiger partial charge in [-0.05, 0) is 109 Å². The van der Waals surface area contributed by atoms with Crippen LogP contribution < -0.4 is 71.5 Å². The van der Waals surface area contributed by atoms with Crippen molar-refractivity contribution in [2.24, 2.45) is 22.8 Å². The van der Waals surface area contributed by atoms with Crippen LogP contribution in [0.2, 0.25) is 0 Å². The highest BCUT2D eigenvalue weighted by molar-refractivity contribution is 6.07. The second-order valence-corrected chi connectivity index (χ2v) is 27.7. The molecule has 10 N–H and O–H groups in total. The number of para-hydroxylation sites is 1. The molecule has 1 saturated heterocycles. The lowest BCUT2D eigenvalue weighted by atomic mass is 9.96. The normalized spacial score (nSPS) is 18.5. The molecule has 1 aliphatic carbocycles. The van der Waals surface area contributed by atoms with E-state index in [0.717, 1.165) is 45.8 Å². The van der Waals surface area contributed by atoms with Gasteiger partial charge >= 0.3 is 6.09 Å². The molecule has 0 aromatic heterocycles. The standard InChI is InChI=1S/C79H91N11O17/c1-46(2)72(86-68(92)44-104-33-32-103-31-28-82-67(91)24-25-69(93)88-41-50-12-7-8-13-55(50)70(80)71(81)56-14-9-10-15-60(56)88)74(95)84-47(3)73(94)85-52-20-16-48(17-21-52)43-107-78(99)90-61-38-66(64(102-6)36-58(61)76(97)89-45-79(26-27-79)39-62(89)77(90)98)106-30-11-29-105-65-37-59-57(35-63(65)101-5)75(96)87-42-51(34-53(87)40-83-59)49-18-22-54(100-4)23-19-49/h7-10,12-23,35-38,42,46-47,53,62,72,77,83,98H,11,24-34,39-41,43-45,80-81H2,1-6H3,(H,82,91)(H,84,95)(H,85,94)(H,86,92)/b71-70-/t47-,53?,62-,72-,77-/m0/s1. The van der Waals surface area contributed by atoms with E-state index in [1.165, 1.54) is 33.3 Å². The van der Waals surface area contributed by atoms with Gasteiger partial charge in [0.1, 0.15) is 31.0 Å². The Bertz CT molecular complexity index is 4410. The maximum Gasteiger partial charge on any atom is 0.416 e. The van der Waals surface area contributed by atoms with Gasteiger partial charge in [-0.2, -0.15) is 0 Å². The molecule has 5 atom stereocenters. The molecule has 5 heterocycles. The smallest absolute Gasteiger partial charge is 0.416 e. The number of aliphatic hydroxyl groups is 1. The molecule has 1 unspecified atom stereocenters. The fourth-order valence-electron chi connectivity index (χ4n) is 14.0. The largest absolute Gasteiger partial charge is 0.497 e. The molecule has 6 aliphatic rings. The van der Waals surface area contributed by atoms with Crippen LogP contribution >= 0.6 is 0 Å². The summed E-state index contributed by atoms with van der Waals surface area (Å²) in [5, 5.41) is 26.5. The Morgan fingerprint density at radius 1 is 0.682 bits per heavy atom. The Morgan fingerprint density at radius 2 is 1.36 bits per heavy atom. The third-order valence-corrected chi connectivity index (χ3v) is 20.1. The molecule has 28 heteroatoms. The number of nitrogens with two attached hydrogens (primary N) is 2. The van der Waals surface area contributed by atoms with Gasteiger partial charge in [-0.1, -0.05) is 80.6 Å². The Morgan fingerprint density at radius 3 is 2.07 bits per heavy atom. The topological polar surface area (TPSA) is 356 Å². The highest BCUT2D eigenvalue weighted by Crippen LogP contribution is 2.57. The first-order chi connectivity index (χ1) is 51.6. The predicted molar refractivity (Wildman–Crippen MR) is 398 cm³/mol. The number of carbonyl (C=O) groups is 8. The Hall–Kier alpha value is -11.4. The van der Waals surface area contributed by atoms with Gasteiger partial charge in [-0.25, -0.2) is 9.69 Å². The number of methoxy groups -OCH3 is 3. The average molecular weight is 1470 g/mol. The van der Waals surface area contributed by atoms with Crippen LogP contribution in [0.25, 0.3) is 17.0 Å². The number of hydrogen-bond acceptors (Lipinski definition) is 20. The van der Waals surface area contributed by atoms with E-state index >= 15 is 0 Å². The molecule has 0 radical (unpaired) electrons. The van der Waals surface area contributed by atoms with Gasteiger partial charge in [0, 0.05) is 74.0 Å². The minimum Gasteiger partial charge on any atom is -0.497 e. The Kier molecular flexibility index (Phi) is 23.5. The SMILES string of the molecule is COc1ccc(C2=CN3C(=O)c4cc(OC)c(OCCCOc5cc6c(cc5OC)C(=O)N5CC7(CC7)C[C@H]5[C@H](O)N6C(=O)OCc5ccc(NC(=O)[C@H](C)NC(=O)[C@@H](NC(=O)COCCOCCNC(=O)CCC(=O)N6Cc7ccccc7/C(N)=C(/N)c7ccccc76)C(C)C)cc5)cc4NCC3C2)cc1. The van der Waals surface area contributed by atoms with Crippen molar-refractivity contribution < 1.29 is 81.4 Å². The summed E-state index contributed by atoms with van der Waals surface area (Å²) in [5.41, 5.74) is 20.6. The summed E-state index contributed by atoms with van der Waals surface area (Å²) in [6.07, 6.45) is 2.68. The number of ether oxygens (including phenoxy) is 8.